The maximum absolute atomic E-state index is 13.8. The number of benzene rings is 3. The van der Waals surface area contributed by atoms with Crippen molar-refractivity contribution in [3.8, 4) is 22.6 Å². The smallest absolute Gasteiger partial charge is 0.409 e. The number of aromatic nitrogens is 4. The van der Waals surface area contributed by atoms with Gasteiger partial charge in [0.05, 0.1) is 41.8 Å². The topological polar surface area (TPSA) is 313 Å². The van der Waals surface area contributed by atoms with E-state index < -0.39 is 53.0 Å². The molecule has 0 saturated heterocycles. The molecule has 3 aromatic heterocycles. The number of thiazole rings is 1. The third-order valence-electron chi connectivity index (χ3n) is 16.8. The van der Waals surface area contributed by atoms with Crippen LogP contribution in [-0.4, -0.2) is 139 Å². The van der Waals surface area contributed by atoms with Crippen molar-refractivity contribution in [2.24, 2.45) is 22.0 Å². The number of aliphatic hydroxyl groups is 3. The van der Waals surface area contributed by atoms with Crippen molar-refractivity contribution in [2.75, 3.05) is 63.3 Å². The second kappa shape index (κ2) is 23.2. The first-order chi connectivity index (χ1) is 40.6. The van der Waals surface area contributed by atoms with Gasteiger partial charge in [0, 0.05) is 73.8 Å². The number of aromatic carboxylic acids is 1. The molecule has 4 saturated carbocycles. The Balaban J connectivity index is 0.741. The summed E-state index contributed by atoms with van der Waals surface area (Å²) in [5.74, 6) is -6.86. The van der Waals surface area contributed by atoms with Gasteiger partial charge < -0.3 is 69.5 Å². The molecule has 3 aromatic carbocycles. The lowest BCUT2D eigenvalue weighted by molar-refractivity contribution is -0.248. The summed E-state index contributed by atoms with van der Waals surface area (Å²) in [6.45, 7) is 9.26. The van der Waals surface area contributed by atoms with Gasteiger partial charge in [-0.1, -0.05) is 49.4 Å². The summed E-state index contributed by atoms with van der Waals surface area (Å²) in [4.78, 5) is 65.0. The standard InChI is InChI=1S/C61H68N8O15S/c1-35-41(39-14-15-46(65-47(39)53(74)75)68-18-16-36-8-7-9-40(42(36)26-68)52(73)66-56-64-43-10-5-6-11-45(43)85-56)25-63-69(35)34-60-29-58(2)28-59(3,30-60)32-61(31-58,33-60)82-21-19-67(4)57(78)81-27-37-12-13-38(80-23-22-79-20-17-62)24-44(37)83-55-50(72)48(70)49(71)51(84-55)54(76)77/h5-15,24-25,55,70-72H,16-23,26-34,62H2,1-4H3,(H,74,75)(H,76,77)(H,64,66,73)/t55-,58-,59?,60?,61+/m0/s1. The number of carbonyl (C=O) groups excluding carboxylic acids is 2. The summed E-state index contributed by atoms with van der Waals surface area (Å²) in [5, 5.41) is 59.6. The highest BCUT2D eigenvalue weighted by atomic mass is 32.1. The Morgan fingerprint density at radius 1 is 0.871 bits per heavy atom. The van der Waals surface area contributed by atoms with Gasteiger partial charge in [0.1, 0.15) is 30.5 Å². The number of nitrogens with zero attached hydrogens (tertiary/aromatic N) is 6. The number of nitrogens with one attached hydrogen (secondary N) is 1. The first-order valence-corrected chi connectivity index (χ1v) is 28.9. The predicted molar refractivity (Wildman–Crippen MR) is 311 cm³/mol. The molecule has 5 atom stereocenters. The van der Waals surface area contributed by atoms with Crippen molar-refractivity contribution in [3.05, 3.63) is 136 Å². The van der Waals surface area contributed by atoms with Gasteiger partial charge in [-0.05, 0) is 122 Å². The maximum atomic E-state index is 13.8. The van der Waals surface area contributed by atoms with Crippen molar-refractivity contribution in [1.29, 1.82) is 0 Å². The summed E-state index contributed by atoms with van der Waals surface area (Å²) in [6, 6.07) is 21.6. The number of hydrogen-bond acceptors (Lipinski definition) is 19. The Kier molecular flexibility index (Phi) is 15.9. The number of pyridine rings is 1. The largest absolute Gasteiger partial charge is 0.503 e. The third kappa shape index (κ3) is 12.0. The normalized spacial score (nSPS) is 23.2. The highest BCUT2D eigenvalue weighted by Gasteiger charge is 2.66. The number of ether oxygens (including phenoxy) is 6. The SMILES string of the molecule is Cc1c(-c2ccc(N3CCc4cccc(C(=O)Nc5nc6ccccc6s5)c4C3)nc2C(=O)O)cnn1CC12CC3(C)C[C@@](C)(C1)C[C@@](OCCN(C)C(=O)OCc1ccc(OCCOCCN)cc1O[C@H]1OC(C(=O)O)=C(O)C(O)=C1O)(C3)C2. The zero-order valence-electron chi connectivity index (χ0n) is 47.6. The summed E-state index contributed by atoms with van der Waals surface area (Å²) in [7, 11) is 1.60. The van der Waals surface area contributed by atoms with Gasteiger partial charge in [-0.15, -0.1) is 0 Å². The number of rotatable bonds is 22. The highest BCUT2D eigenvalue weighted by molar-refractivity contribution is 7.22. The highest BCUT2D eigenvalue weighted by Crippen LogP contribution is 2.72. The van der Waals surface area contributed by atoms with E-state index in [-0.39, 0.29) is 77.9 Å². The lowest BCUT2D eigenvalue weighted by Crippen LogP contribution is -2.64. The average Bonchev–Trinajstić information content (AvgIpc) is 2.26. The van der Waals surface area contributed by atoms with Crippen LogP contribution in [0, 0.1) is 23.2 Å². The average molecular weight is 1190 g/mol. The zero-order chi connectivity index (χ0) is 60.0. The van der Waals surface area contributed by atoms with Crippen LogP contribution in [0.3, 0.4) is 0 Å². The van der Waals surface area contributed by atoms with E-state index in [1.54, 1.807) is 25.4 Å². The van der Waals surface area contributed by atoms with Crippen LogP contribution < -0.4 is 25.4 Å². The van der Waals surface area contributed by atoms with Crippen LogP contribution in [0.2, 0.25) is 0 Å². The maximum Gasteiger partial charge on any atom is 0.409 e. The van der Waals surface area contributed by atoms with E-state index in [2.05, 4.69) is 24.1 Å². The predicted octanol–water partition coefficient (Wildman–Crippen LogP) is 9.05. The fourth-order valence-corrected chi connectivity index (χ4v) is 15.2. The van der Waals surface area contributed by atoms with Crippen LogP contribution in [0.15, 0.2) is 102 Å². The van der Waals surface area contributed by atoms with Crippen molar-refractivity contribution < 1.29 is 73.1 Å². The fraction of sp³-hybridized carbons (Fsp3) is 0.426. The van der Waals surface area contributed by atoms with E-state index in [0.29, 0.717) is 66.8 Å². The Bertz CT molecular complexity index is 3620. The van der Waals surface area contributed by atoms with Crippen LogP contribution in [0.5, 0.6) is 11.5 Å². The minimum Gasteiger partial charge on any atom is -0.503 e. The summed E-state index contributed by atoms with van der Waals surface area (Å²) >= 11 is 1.41. The van der Waals surface area contributed by atoms with Gasteiger partial charge in [-0.2, -0.15) is 5.10 Å². The van der Waals surface area contributed by atoms with E-state index in [9.17, 15) is 44.7 Å². The van der Waals surface area contributed by atoms with Gasteiger partial charge in [-0.3, -0.25) is 14.8 Å². The van der Waals surface area contributed by atoms with Crippen LogP contribution in [0.25, 0.3) is 21.3 Å². The van der Waals surface area contributed by atoms with Crippen molar-refractivity contribution in [1.82, 2.24) is 24.6 Å². The molecule has 4 fully saturated rings. The number of anilines is 2. The number of carboxylic acids is 2. The Labute approximate surface area is 493 Å². The lowest BCUT2D eigenvalue weighted by atomic mass is 9.39. The number of hydrogen-bond donors (Lipinski definition) is 7. The van der Waals surface area contributed by atoms with Gasteiger partial charge in [0.25, 0.3) is 11.7 Å². The number of aliphatic hydroxyl groups excluding tert-OH is 3. The van der Waals surface area contributed by atoms with Crippen molar-refractivity contribution in [2.45, 2.75) is 97.3 Å². The van der Waals surface area contributed by atoms with E-state index in [1.165, 1.54) is 28.4 Å². The zero-order valence-corrected chi connectivity index (χ0v) is 48.4. The monoisotopic (exact) mass is 1180 g/mol. The van der Waals surface area contributed by atoms with E-state index in [4.69, 9.17) is 44.2 Å². The second-order valence-corrected chi connectivity index (χ2v) is 24.8. The molecule has 24 heteroatoms. The molecule has 5 heterocycles. The Hall–Kier alpha value is -8.45. The third-order valence-corrected chi connectivity index (χ3v) is 17.8. The van der Waals surface area contributed by atoms with E-state index in [0.717, 1.165) is 65.6 Å². The first kappa shape index (κ1) is 58.3. The molecule has 12 rings (SSSR count). The number of nitrogens with two attached hydrogens (primary N) is 1. The summed E-state index contributed by atoms with van der Waals surface area (Å²) in [5.41, 5.74) is 10.1. The summed E-state index contributed by atoms with van der Waals surface area (Å²) in [6.07, 6.45) is 5.25. The van der Waals surface area contributed by atoms with E-state index in [1.807, 2.05) is 65.0 Å². The van der Waals surface area contributed by atoms with E-state index >= 15 is 0 Å². The minimum atomic E-state index is -1.91. The van der Waals surface area contributed by atoms with Gasteiger partial charge >= 0.3 is 24.3 Å². The van der Waals surface area contributed by atoms with Crippen LogP contribution in [0.4, 0.5) is 15.7 Å². The van der Waals surface area contributed by atoms with Crippen LogP contribution in [-0.2, 0) is 49.9 Å². The molecule has 2 unspecified atom stereocenters. The molecule has 8 N–H and O–H groups in total. The number of para-hydroxylation sites is 1. The van der Waals surface area contributed by atoms with Crippen LogP contribution in [0.1, 0.15) is 95.6 Å². The minimum absolute atomic E-state index is 0.0249. The van der Waals surface area contributed by atoms with Crippen molar-refractivity contribution in [3.63, 3.8) is 0 Å². The lowest BCUT2D eigenvalue weighted by Gasteiger charge is -2.69. The van der Waals surface area contributed by atoms with Gasteiger partial charge in [-0.25, -0.2) is 24.4 Å². The number of aliphatic carboxylic acids is 1. The molecule has 0 radical (unpaired) electrons. The molecule has 4 aliphatic carbocycles. The number of amides is 2. The Morgan fingerprint density at radius 2 is 1.66 bits per heavy atom. The second-order valence-electron chi connectivity index (χ2n) is 23.7. The Morgan fingerprint density at radius 3 is 2.41 bits per heavy atom. The molecule has 6 aliphatic rings. The van der Waals surface area contributed by atoms with Gasteiger partial charge in [0.2, 0.25) is 17.3 Å². The fourth-order valence-electron chi connectivity index (χ4n) is 14.3. The molecule has 85 heavy (non-hydrogen) atoms. The molecule has 448 valence electrons. The molecule has 2 amide bonds. The summed E-state index contributed by atoms with van der Waals surface area (Å²) < 4.78 is 37.8. The van der Waals surface area contributed by atoms with Crippen molar-refractivity contribution >= 4 is 56.4 Å². The molecule has 4 bridgehead atoms. The number of likely N-dealkylation sites (N-methyl/N-ethyl adjacent to an activating group) is 1. The molecular weight excluding hydrogens is 1120 g/mol. The molecule has 2 aliphatic heterocycles. The quantitative estimate of drug-likeness (QED) is 0.0312. The molecule has 23 nitrogen and oxygen atoms in total. The number of carboxylic acid groups (broad SMARTS) is 2. The van der Waals surface area contributed by atoms with Crippen LogP contribution >= 0.6 is 11.3 Å². The molecular formula is C61H68N8O15S. The van der Waals surface area contributed by atoms with Gasteiger partial charge in [0.15, 0.2) is 10.8 Å². The number of fused-ring (bicyclic) bond motifs is 2. The molecule has 0 spiro atoms. The number of carbonyl (C=O) groups is 4. The first-order valence-electron chi connectivity index (χ1n) is 28.1. The molecule has 6 aromatic rings.